The van der Waals surface area contributed by atoms with Crippen molar-refractivity contribution in [2.24, 2.45) is 0 Å². The summed E-state index contributed by atoms with van der Waals surface area (Å²) in [5, 5.41) is 12.5. The number of hydrogen-bond donors (Lipinski definition) is 2. The number of aliphatic hydroxyl groups excluding tert-OH is 1. The Hall–Kier alpha value is -0.970. The summed E-state index contributed by atoms with van der Waals surface area (Å²) in [5.74, 6) is -0.162. The highest BCUT2D eigenvalue weighted by Crippen LogP contribution is 2.25. The Morgan fingerprint density at radius 3 is 2.72 bits per heavy atom. The van der Waals surface area contributed by atoms with Crippen molar-refractivity contribution >= 4 is 0 Å². The molecule has 0 spiro atoms. The van der Waals surface area contributed by atoms with Crippen molar-refractivity contribution in [3.8, 4) is 0 Å². The number of rotatable bonds is 4. The number of halogens is 1. The van der Waals surface area contributed by atoms with Gasteiger partial charge in [-0.15, -0.1) is 0 Å². The van der Waals surface area contributed by atoms with E-state index in [1.807, 2.05) is 12.1 Å². The van der Waals surface area contributed by atoms with Crippen LogP contribution in [0.25, 0.3) is 0 Å². The first-order valence-electron chi connectivity index (χ1n) is 6.54. The molecule has 1 atom stereocenters. The van der Waals surface area contributed by atoms with Crippen molar-refractivity contribution in [3.63, 3.8) is 0 Å². The van der Waals surface area contributed by atoms with Crippen molar-refractivity contribution in [2.45, 2.75) is 19.4 Å². The first kappa shape index (κ1) is 13.5. The third-order valence-corrected chi connectivity index (χ3v) is 3.58. The van der Waals surface area contributed by atoms with Gasteiger partial charge in [-0.25, -0.2) is 4.39 Å². The molecule has 2 N–H and O–H groups in total. The first-order chi connectivity index (χ1) is 8.72. The van der Waals surface area contributed by atoms with E-state index in [0.29, 0.717) is 12.0 Å². The van der Waals surface area contributed by atoms with Crippen LogP contribution in [-0.4, -0.2) is 42.8 Å². The third kappa shape index (κ3) is 3.07. The lowest BCUT2D eigenvalue weighted by Gasteiger charge is -2.35. The summed E-state index contributed by atoms with van der Waals surface area (Å²) >= 11 is 0. The van der Waals surface area contributed by atoms with Crippen LogP contribution in [0, 0.1) is 12.7 Å². The van der Waals surface area contributed by atoms with E-state index in [0.717, 1.165) is 31.7 Å². The Morgan fingerprint density at radius 2 is 2.11 bits per heavy atom. The lowest BCUT2D eigenvalue weighted by atomic mass is 10.00. The standard InChI is InChI=1S/C14H21FN2O/c1-11-2-3-12(10-13(11)15)14(4-9-18)17-7-5-16-6-8-17/h2-3,10,14,16,18H,4-9H2,1H3/t14-/m1/s1. The molecule has 2 rings (SSSR count). The van der Waals surface area contributed by atoms with E-state index in [-0.39, 0.29) is 18.5 Å². The molecule has 0 saturated carbocycles. The van der Waals surface area contributed by atoms with Gasteiger partial charge < -0.3 is 10.4 Å². The summed E-state index contributed by atoms with van der Waals surface area (Å²) < 4.78 is 13.7. The lowest BCUT2D eigenvalue weighted by Crippen LogP contribution is -2.45. The number of aliphatic hydroxyl groups is 1. The topological polar surface area (TPSA) is 35.5 Å². The van der Waals surface area contributed by atoms with Gasteiger partial charge in [0.05, 0.1) is 0 Å². The Labute approximate surface area is 108 Å². The van der Waals surface area contributed by atoms with Crippen LogP contribution in [0.4, 0.5) is 4.39 Å². The predicted octanol–water partition coefficient (Wildman–Crippen LogP) is 1.46. The number of benzene rings is 1. The molecular formula is C14H21FN2O. The van der Waals surface area contributed by atoms with Crippen LogP contribution in [0.2, 0.25) is 0 Å². The summed E-state index contributed by atoms with van der Waals surface area (Å²) in [5.41, 5.74) is 1.64. The van der Waals surface area contributed by atoms with E-state index in [4.69, 9.17) is 0 Å². The molecule has 1 aromatic rings. The Kier molecular flexibility index (Phi) is 4.69. The summed E-state index contributed by atoms with van der Waals surface area (Å²) in [7, 11) is 0. The van der Waals surface area contributed by atoms with Crippen molar-refractivity contribution in [1.82, 2.24) is 10.2 Å². The first-order valence-corrected chi connectivity index (χ1v) is 6.54. The van der Waals surface area contributed by atoms with E-state index in [9.17, 15) is 9.50 Å². The van der Waals surface area contributed by atoms with Gasteiger partial charge in [-0.3, -0.25) is 4.90 Å². The Bertz CT molecular complexity index is 391. The van der Waals surface area contributed by atoms with E-state index in [1.54, 1.807) is 13.0 Å². The van der Waals surface area contributed by atoms with E-state index >= 15 is 0 Å². The van der Waals surface area contributed by atoms with Crippen LogP contribution in [0.5, 0.6) is 0 Å². The van der Waals surface area contributed by atoms with Gasteiger partial charge in [0.2, 0.25) is 0 Å². The van der Waals surface area contributed by atoms with Gasteiger partial charge in [-0.1, -0.05) is 12.1 Å². The third-order valence-electron chi connectivity index (χ3n) is 3.58. The monoisotopic (exact) mass is 252 g/mol. The Morgan fingerprint density at radius 1 is 1.39 bits per heavy atom. The van der Waals surface area contributed by atoms with Crippen LogP contribution in [-0.2, 0) is 0 Å². The highest BCUT2D eigenvalue weighted by molar-refractivity contribution is 5.26. The SMILES string of the molecule is Cc1ccc([C@@H](CCO)N2CCNCC2)cc1F. The number of nitrogens with one attached hydrogen (secondary N) is 1. The molecule has 1 aliphatic heterocycles. The normalized spacial score (nSPS) is 18.8. The van der Waals surface area contributed by atoms with Crippen LogP contribution >= 0.6 is 0 Å². The van der Waals surface area contributed by atoms with Gasteiger partial charge in [-0.2, -0.15) is 0 Å². The second-order valence-corrected chi connectivity index (χ2v) is 4.82. The van der Waals surface area contributed by atoms with E-state index < -0.39 is 0 Å². The molecule has 0 amide bonds. The molecule has 1 heterocycles. The minimum Gasteiger partial charge on any atom is -0.396 e. The molecule has 18 heavy (non-hydrogen) atoms. The maximum absolute atomic E-state index is 13.7. The molecule has 100 valence electrons. The zero-order valence-electron chi connectivity index (χ0n) is 10.8. The zero-order valence-corrected chi connectivity index (χ0v) is 10.8. The average molecular weight is 252 g/mol. The van der Waals surface area contributed by atoms with E-state index in [1.165, 1.54) is 0 Å². The van der Waals surface area contributed by atoms with Gasteiger partial charge >= 0.3 is 0 Å². The zero-order chi connectivity index (χ0) is 13.0. The molecule has 1 aromatic carbocycles. The molecule has 1 fully saturated rings. The van der Waals surface area contributed by atoms with Crippen LogP contribution in [0.15, 0.2) is 18.2 Å². The maximum Gasteiger partial charge on any atom is 0.126 e. The summed E-state index contributed by atoms with van der Waals surface area (Å²) in [6.45, 7) is 5.70. The number of nitrogens with zero attached hydrogens (tertiary/aromatic N) is 1. The fraction of sp³-hybridized carbons (Fsp3) is 0.571. The summed E-state index contributed by atoms with van der Waals surface area (Å²) in [6, 6.07) is 5.52. The molecule has 0 bridgehead atoms. The van der Waals surface area contributed by atoms with Crippen LogP contribution in [0.1, 0.15) is 23.6 Å². The van der Waals surface area contributed by atoms with Gasteiger partial charge in [0, 0.05) is 38.8 Å². The van der Waals surface area contributed by atoms with Crippen LogP contribution < -0.4 is 5.32 Å². The molecule has 0 unspecified atom stereocenters. The second kappa shape index (κ2) is 6.27. The minimum absolute atomic E-state index is 0.118. The van der Waals surface area contributed by atoms with E-state index in [2.05, 4.69) is 10.2 Å². The van der Waals surface area contributed by atoms with Gasteiger partial charge in [0.25, 0.3) is 0 Å². The van der Waals surface area contributed by atoms with Crippen LogP contribution in [0.3, 0.4) is 0 Å². The molecule has 1 aliphatic rings. The number of piperazine rings is 1. The highest BCUT2D eigenvalue weighted by Gasteiger charge is 2.22. The lowest BCUT2D eigenvalue weighted by molar-refractivity contribution is 0.141. The van der Waals surface area contributed by atoms with Crippen molar-refractivity contribution in [2.75, 3.05) is 32.8 Å². The predicted molar refractivity (Wildman–Crippen MR) is 70.0 cm³/mol. The van der Waals surface area contributed by atoms with Crippen molar-refractivity contribution in [1.29, 1.82) is 0 Å². The largest absolute Gasteiger partial charge is 0.396 e. The smallest absolute Gasteiger partial charge is 0.126 e. The number of aryl methyl sites for hydroxylation is 1. The Balaban J connectivity index is 2.19. The maximum atomic E-state index is 13.7. The fourth-order valence-corrected chi connectivity index (χ4v) is 2.49. The molecular weight excluding hydrogens is 231 g/mol. The molecule has 0 aliphatic carbocycles. The van der Waals surface area contributed by atoms with Gasteiger partial charge in [-0.05, 0) is 30.5 Å². The average Bonchev–Trinajstić information content (AvgIpc) is 2.40. The summed E-state index contributed by atoms with van der Waals surface area (Å²) in [4.78, 5) is 2.32. The fourth-order valence-electron chi connectivity index (χ4n) is 2.49. The molecule has 4 heteroatoms. The molecule has 1 saturated heterocycles. The molecule has 0 radical (unpaired) electrons. The molecule has 3 nitrogen and oxygen atoms in total. The van der Waals surface area contributed by atoms with Crippen molar-refractivity contribution < 1.29 is 9.50 Å². The number of hydrogen-bond acceptors (Lipinski definition) is 3. The molecule has 0 aromatic heterocycles. The van der Waals surface area contributed by atoms with Gasteiger partial charge in [0.15, 0.2) is 0 Å². The summed E-state index contributed by atoms with van der Waals surface area (Å²) in [6.07, 6.45) is 0.655. The highest BCUT2D eigenvalue weighted by atomic mass is 19.1. The van der Waals surface area contributed by atoms with Gasteiger partial charge in [0.1, 0.15) is 5.82 Å². The van der Waals surface area contributed by atoms with Crippen molar-refractivity contribution in [3.05, 3.63) is 35.1 Å². The quantitative estimate of drug-likeness (QED) is 0.851. The second-order valence-electron chi connectivity index (χ2n) is 4.82. The minimum atomic E-state index is -0.162.